The molecule has 25 heavy (non-hydrogen) atoms. The average molecular weight is 342 g/mol. The number of likely N-dealkylation sites (tertiary alicyclic amines) is 1. The third-order valence-electron chi connectivity index (χ3n) is 5.92. The van der Waals surface area contributed by atoms with Crippen molar-refractivity contribution in [3.05, 3.63) is 41.1 Å². The number of nitrogens with one attached hydrogen (secondary N) is 1. The fourth-order valence-electron chi connectivity index (χ4n) is 4.39. The molecular formula is C19H26N4O2. The summed E-state index contributed by atoms with van der Waals surface area (Å²) in [5, 5.41) is 7.60. The van der Waals surface area contributed by atoms with Crippen LogP contribution < -0.4 is 5.32 Å². The number of carbonyl (C=O) groups is 1. The number of aromatic nitrogens is 2. The quantitative estimate of drug-likeness (QED) is 0.929. The van der Waals surface area contributed by atoms with Crippen LogP contribution in [0.5, 0.6) is 0 Å². The minimum absolute atomic E-state index is 0.119. The first-order valence-electron chi connectivity index (χ1n) is 9.03. The molecule has 1 amide bonds. The number of carbonyl (C=O) groups excluding carboxylic acids is 1. The Bertz CT molecular complexity index is 764. The molecule has 6 nitrogen and oxygen atoms in total. The van der Waals surface area contributed by atoms with E-state index in [0.29, 0.717) is 6.42 Å². The zero-order chi connectivity index (χ0) is 17.6. The summed E-state index contributed by atoms with van der Waals surface area (Å²) in [6.07, 6.45) is 6.47. The van der Waals surface area contributed by atoms with Gasteiger partial charge in [-0.1, -0.05) is 0 Å². The number of amides is 1. The monoisotopic (exact) mass is 342 g/mol. The fourth-order valence-corrected chi connectivity index (χ4v) is 4.39. The van der Waals surface area contributed by atoms with Gasteiger partial charge in [-0.25, -0.2) is 0 Å². The van der Waals surface area contributed by atoms with Crippen molar-refractivity contribution in [3.8, 4) is 0 Å². The van der Waals surface area contributed by atoms with E-state index in [0.717, 1.165) is 44.0 Å². The Hall–Kier alpha value is -2.08. The van der Waals surface area contributed by atoms with E-state index in [-0.39, 0.29) is 17.4 Å². The molecule has 2 aliphatic heterocycles. The molecule has 0 saturated carbocycles. The van der Waals surface area contributed by atoms with Gasteiger partial charge in [-0.15, -0.1) is 0 Å². The van der Waals surface area contributed by atoms with Crippen LogP contribution in [-0.4, -0.2) is 39.2 Å². The van der Waals surface area contributed by atoms with Crippen LogP contribution in [0.3, 0.4) is 0 Å². The van der Waals surface area contributed by atoms with Crippen molar-refractivity contribution in [2.75, 3.05) is 13.1 Å². The zero-order valence-corrected chi connectivity index (χ0v) is 15.2. The summed E-state index contributed by atoms with van der Waals surface area (Å²) >= 11 is 0. The van der Waals surface area contributed by atoms with E-state index in [2.05, 4.69) is 28.3 Å². The molecule has 0 radical (unpaired) electrons. The molecule has 1 N–H and O–H groups in total. The van der Waals surface area contributed by atoms with Gasteiger partial charge in [-0.2, -0.15) is 5.10 Å². The standard InChI is InChI=1S/C19H26N4O2/c1-13-8-16(25-14(13)2)12-23-6-4-19(5-7-23)17(9-18(24)21-19)15-10-20-22(3)11-15/h8,10-11,17H,4-7,9,12H2,1-3H3,(H,21,24)/t17-/m1/s1. The summed E-state index contributed by atoms with van der Waals surface area (Å²) in [6, 6.07) is 2.13. The van der Waals surface area contributed by atoms with Crippen LogP contribution in [0, 0.1) is 13.8 Å². The van der Waals surface area contributed by atoms with Gasteiger partial charge >= 0.3 is 0 Å². The third-order valence-corrected chi connectivity index (χ3v) is 5.92. The topological polar surface area (TPSA) is 63.3 Å². The minimum Gasteiger partial charge on any atom is -0.465 e. The Balaban J connectivity index is 1.46. The van der Waals surface area contributed by atoms with Gasteiger partial charge in [0.05, 0.1) is 12.7 Å². The van der Waals surface area contributed by atoms with E-state index < -0.39 is 0 Å². The molecule has 134 valence electrons. The SMILES string of the molecule is Cc1cc(CN2CCC3(CC2)NC(=O)C[C@@H]3c2cnn(C)c2)oc1C. The highest BCUT2D eigenvalue weighted by Gasteiger charge is 2.49. The van der Waals surface area contributed by atoms with E-state index in [4.69, 9.17) is 4.42 Å². The third kappa shape index (κ3) is 2.99. The van der Waals surface area contributed by atoms with E-state index in [1.54, 1.807) is 0 Å². The lowest BCUT2D eigenvalue weighted by Crippen LogP contribution is -2.53. The Morgan fingerprint density at radius 3 is 2.72 bits per heavy atom. The average Bonchev–Trinajstić information content (AvgIpc) is 3.21. The molecule has 0 aliphatic carbocycles. The summed E-state index contributed by atoms with van der Waals surface area (Å²) < 4.78 is 7.64. The van der Waals surface area contributed by atoms with E-state index in [1.807, 2.05) is 31.0 Å². The summed E-state index contributed by atoms with van der Waals surface area (Å²) in [4.78, 5) is 14.6. The van der Waals surface area contributed by atoms with E-state index in [9.17, 15) is 4.79 Å². The molecule has 4 heterocycles. The van der Waals surface area contributed by atoms with Crippen LogP contribution in [0.1, 0.15) is 47.8 Å². The van der Waals surface area contributed by atoms with Crippen molar-refractivity contribution < 1.29 is 9.21 Å². The predicted octanol–water partition coefficient (Wildman–Crippen LogP) is 2.27. The summed E-state index contributed by atoms with van der Waals surface area (Å²) in [5.74, 6) is 2.43. The molecule has 1 spiro atoms. The molecule has 0 unspecified atom stereocenters. The Labute approximate surface area is 148 Å². The molecule has 2 aromatic rings. The van der Waals surface area contributed by atoms with Gasteiger partial charge < -0.3 is 9.73 Å². The first kappa shape index (κ1) is 16.4. The van der Waals surface area contributed by atoms with Crippen LogP contribution in [0.4, 0.5) is 0 Å². The molecule has 1 atom stereocenters. The van der Waals surface area contributed by atoms with Crippen LogP contribution in [0.25, 0.3) is 0 Å². The molecule has 4 rings (SSSR count). The van der Waals surface area contributed by atoms with Crippen molar-refractivity contribution in [2.24, 2.45) is 7.05 Å². The normalized spacial score (nSPS) is 23.3. The number of nitrogens with zero attached hydrogens (tertiary/aromatic N) is 3. The Morgan fingerprint density at radius 1 is 1.36 bits per heavy atom. The van der Waals surface area contributed by atoms with Crippen LogP contribution in [0.2, 0.25) is 0 Å². The van der Waals surface area contributed by atoms with Crippen molar-refractivity contribution >= 4 is 5.91 Å². The molecule has 2 saturated heterocycles. The number of rotatable bonds is 3. The second-order valence-corrected chi connectivity index (χ2v) is 7.64. The van der Waals surface area contributed by atoms with Crippen LogP contribution >= 0.6 is 0 Å². The minimum atomic E-state index is -0.119. The highest BCUT2D eigenvalue weighted by molar-refractivity contribution is 5.81. The lowest BCUT2D eigenvalue weighted by Gasteiger charge is -2.42. The first-order valence-corrected chi connectivity index (χ1v) is 9.03. The van der Waals surface area contributed by atoms with Gasteiger partial charge in [0.1, 0.15) is 11.5 Å². The number of hydrogen-bond donors (Lipinski definition) is 1. The number of aryl methyl sites for hydroxylation is 3. The highest BCUT2D eigenvalue weighted by Crippen LogP contribution is 2.43. The molecule has 2 aliphatic rings. The van der Waals surface area contributed by atoms with Crippen molar-refractivity contribution in [1.29, 1.82) is 0 Å². The maximum Gasteiger partial charge on any atom is 0.221 e. The van der Waals surface area contributed by atoms with Gasteiger partial charge in [0.2, 0.25) is 5.91 Å². The summed E-state index contributed by atoms with van der Waals surface area (Å²) in [7, 11) is 1.93. The Kier molecular flexibility index (Phi) is 3.95. The first-order chi connectivity index (χ1) is 11.9. The lowest BCUT2D eigenvalue weighted by molar-refractivity contribution is -0.120. The predicted molar refractivity (Wildman–Crippen MR) is 94.1 cm³/mol. The summed E-state index contributed by atoms with van der Waals surface area (Å²) in [6.45, 7) is 6.87. The largest absolute Gasteiger partial charge is 0.465 e. The van der Waals surface area contributed by atoms with Gasteiger partial charge in [0.15, 0.2) is 0 Å². The van der Waals surface area contributed by atoms with Crippen molar-refractivity contribution in [2.45, 2.75) is 51.1 Å². The van der Waals surface area contributed by atoms with E-state index in [1.165, 1.54) is 11.1 Å². The maximum absolute atomic E-state index is 12.2. The smallest absolute Gasteiger partial charge is 0.221 e. The fraction of sp³-hybridized carbons (Fsp3) is 0.579. The van der Waals surface area contributed by atoms with Gasteiger partial charge in [-0.3, -0.25) is 14.4 Å². The zero-order valence-electron chi connectivity index (χ0n) is 15.2. The second-order valence-electron chi connectivity index (χ2n) is 7.64. The number of furan rings is 1. The van der Waals surface area contributed by atoms with E-state index >= 15 is 0 Å². The van der Waals surface area contributed by atoms with Crippen molar-refractivity contribution in [3.63, 3.8) is 0 Å². The Morgan fingerprint density at radius 2 is 2.12 bits per heavy atom. The summed E-state index contributed by atoms with van der Waals surface area (Å²) in [5.41, 5.74) is 2.26. The number of piperidine rings is 1. The van der Waals surface area contributed by atoms with Gasteiger partial charge in [-0.05, 0) is 43.9 Å². The molecule has 6 heteroatoms. The number of hydrogen-bond acceptors (Lipinski definition) is 4. The molecular weight excluding hydrogens is 316 g/mol. The molecule has 0 aromatic carbocycles. The highest BCUT2D eigenvalue weighted by atomic mass is 16.3. The van der Waals surface area contributed by atoms with Crippen LogP contribution in [0.15, 0.2) is 22.9 Å². The maximum atomic E-state index is 12.2. The van der Waals surface area contributed by atoms with Gasteiger partial charge in [0, 0.05) is 44.2 Å². The lowest BCUT2D eigenvalue weighted by atomic mass is 9.75. The second kappa shape index (κ2) is 6.02. The molecule has 0 bridgehead atoms. The van der Waals surface area contributed by atoms with Crippen molar-refractivity contribution in [1.82, 2.24) is 20.0 Å². The van der Waals surface area contributed by atoms with Crippen LogP contribution in [-0.2, 0) is 18.4 Å². The van der Waals surface area contributed by atoms with Gasteiger partial charge in [0.25, 0.3) is 0 Å². The molecule has 2 aromatic heterocycles. The molecule has 2 fully saturated rings.